The summed E-state index contributed by atoms with van der Waals surface area (Å²) in [7, 11) is 0. The fourth-order valence-electron chi connectivity index (χ4n) is 1.09. The van der Waals surface area contributed by atoms with E-state index in [1.54, 1.807) is 0 Å². The summed E-state index contributed by atoms with van der Waals surface area (Å²) in [6.45, 7) is 1.40. The zero-order chi connectivity index (χ0) is 13.7. The number of hydrogen-bond donors (Lipinski definition) is 3. The molecule has 5 nitrogen and oxygen atoms in total. The summed E-state index contributed by atoms with van der Waals surface area (Å²) >= 11 is 5.54. The molecule has 0 aromatic heterocycles. The molecule has 2 amide bonds. The van der Waals surface area contributed by atoms with Gasteiger partial charge in [0, 0.05) is 11.6 Å². The van der Waals surface area contributed by atoms with Crippen LogP contribution in [-0.2, 0) is 9.59 Å². The van der Waals surface area contributed by atoms with E-state index in [-0.39, 0.29) is 17.3 Å². The molecule has 0 saturated heterocycles. The minimum atomic E-state index is -1.02. The Morgan fingerprint density at radius 3 is 2.67 bits per heavy atom. The number of anilines is 1. The van der Waals surface area contributed by atoms with Crippen molar-refractivity contribution >= 4 is 29.1 Å². The van der Waals surface area contributed by atoms with Crippen LogP contribution in [0.4, 0.5) is 10.1 Å². The number of halogens is 2. The molecule has 1 aromatic carbocycles. The molecule has 0 spiro atoms. The lowest BCUT2D eigenvalue weighted by molar-refractivity contribution is -0.136. The third-order valence-corrected chi connectivity index (χ3v) is 2.18. The number of benzene rings is 1. The van der Waals surface area contributed by atoms with Gasteiger partial charge in [-0.25, -0.2) is 4.39 Å². The van der Waals surface area contributed by atoms with Crippen LogP contribution < -0.4 is 10.6 Å². The fraction of sp³-hybridized carbons (Fsp3) is 0.273. The van der Waals surface area contributed by atoms with E-state index < -0.39 is 23.7 Å². The zero-order valence-electron chi connectivity index (χ0n) is 9.54. The number of carbonyl (C=O) groups excluding carboxylic acids is 2. The highest BCUT2D eigenvalue weighted by Crippen LogP contribution is 2.18. The number of aliphatic hydroxyl groups excluding tert-OH is 1. The summed E-state index contributed by atoms with van der Waals surface area (Å²) in [5.74, 6) is -2.71. The topological polar surface area (TPSA) is 78.4 Å². The number of hydrogen-bond acceptors (Lipinski definition) is 3. The van der Waals surface area contributed by atoms with Crippen molar-refractivity contribution in [2.75, 3.05) is 11.9 Å². The molecule has 0 aliphatic rings. The highest BCUT2D eigenvalue weighted by atomic mass is 35.5. The van der Waals surface area contributed by atoms with Gasteiger partial charge in [0.1, 0.15) is 5.82 Å². The molecule has 7 heteroatoms. The molecular weight excluding hydrogens is 263 g/mol. The normalized spacial score (nSPS) is 11.8. The van der Waals surface area contributed by atoms with Gasteiger partial charge < -0.3 is 15.7 Å². The van der Waals surface area contributed by atoms with E-state index in [1.165, 1.54) is 19.1 Å². The Labute approximate surface area is 108 Å². The molecule has 0 bridgehead atoms. The highest BCUT2D eigenvalue weighted by Gasteiger charge is 2.15. The first kappa shape index (κ1) is 14.4. The minimum absolute atomic E-state index is 0.0602. The third-order valence-electron chi connectivity index (χ3n) is 1.94. The zero-order valence-corrected chi connectivity index (χ0v) is 10.3. The Morgan fingerprint density at radius 2 is 2.11 bits per heavy atom. The summed E-state index contributed by atoms with van der Waals surface area (Å²) < 4.78 is 13.3. The van der Waals surface area contributed by atoms with Crippen LogP contribution in [0.3, 0.4) is 0 Å². The van der Waals surface area contributed by atoms with Crippen molar-refractivity contribution in [1.82, 2.24) is 5.32 Å². The molecule has 0 aliphatic carbocycles. The lowest BCUT2D eigenvalue weighted by Crippen LogP contribution is -2.38. The van der Waals surface area contributed by atoms with E-state index in [9.17, 15) is 14.0 Å². The maximum atomic E-state index is 13.3. The maximum Gasteiger partial charge on any atom is 0.313 e. The van der Waals surface area contributed by atoms with E-state index in [0.29, 0.717) is 0 Å². The molecule has 0 heterocycles. The van der Waals surface area contributed by atoms with Crippen LogP contribution in [0.25, 0.3) is 0 Å². The third kappa shape index (κ3) is 4.31. The molecule has 98 valence electrons. The van der Waals surface area contributed by atoms with Crippen molar-refractivity contribution in [3.8, 4) is 0 Å². The van der Waals surface area contributed by atoms with Crippen molar-refractivity contribution in [1.29, 1.82) is 0 Å². The average molecular weight is 275 g/mol. The van der Waals surface area contributed by atoms with E-state index in [2.05, 4.69) is 10.6 Å². The van der Waals surface area contributed by atoms with Crippen LogP contribution in [0.1, 0.15) is 6.92 Å². The largest absolute Gasteiger partial charge is 0.392 e. The van der Waals surface area contributed by atoms with Crippen molar-refractivity contribution in [2.45, 2.75) is 13.0 Å². The van der Waals surface area contributed by atoms with Gasteiger partial charge in [0.25, 0.3) is 0 Å². The van der Waals surface area contributed by atoms with Gasteiger partial charge in [-0.2, -0.15) is 0 Å². The van der Waals surface area contributed by atoms with Gasteiger partial charge in [-0.15, -0.1) is 0 Å². The maximum absolute atomic E-state index is 13.3. The molecule has 0 radical (unpaired) electrons. The SMILES string of the molecule is CC(O)CNC(=O)C(=O)Nc1ccc(Cl)cc1F. The predicted octanol–water partition coefficient (Wildman–Crippen LogP) is 0.915. The van der Waals surface area contributed by atoms with Crippen molar-refractivity contribution in [3.05, 3.63) is 29.0 Å². The second-order valence-corrected chi connectivity index (χ2v) is 4.07. The predicted molar refractivity (Wildman–Crippen MR) is 64.7 cm³/mol. The standard InChI is InChI=1S/C11H12ClFN2O3/c1-6(16)5-14-10(17)11(18)15-9-3-2-7(12)4-8(9)13/h2-4,6,16H,5H2,1H3,(H,14,17)(H,15,18). The number of rotatable bonds is 3. The number of nitrogens with one attached hydrogen (secondary N) is 2. The second-order valence-electron chi connectivity index (χ2n) is 3.64. The number of aliphatic hydroxyl groups is 1. The quantitative estimate of drug-likeness (QED) is 0.717. The van der Waals surface area contributed by atoms with Crippen molar-refractivity contribution in [2.24, 2.45) is 0 Å². The molecule has 18 heavy (non-hydrogen) atoms. The first-order valence-corrected chi connectivity index (χ1v) is 5.50. The average Bonchev–Trinajstić information content (AvgIpc) is 2.29. The summed E-state index contributed by atoms with van der Waals surface area (Å²) in [6, 6.07) is 3.65. The van der Waals surface area contributed by atoms with Crippen molar-refractivity contribution < 1.29 is 19.1 Å². The molecule has 1 aromatic rings. The summed E-state index contributed by atoms with van der Waals surface area (Å²) in [5.41, 5.74) is -0.142. The molecule has 1 atom stereocenters. The van der Waals surface area contributed by atoms with Gasteiger partial charge in [-0.3, -0.25) is 9.59 Å². The Bertz CT molecular complexity index is 466. The van der Waals surface area contributed by atoms with Gasteiger partial charge in [0.2, 0.25) is 0 Å². The molecular formula is C11H12ClFN2O3. The molecule has 1 unspecified atom stereocenters. The number of amides is 2. The smallest absolute Gasteiger partial charge is 0.313 e. The molecule has 1 rings (SSSR count). The summed E-state index contributed by atoms with van der Waals surface area (Å²) in [6.07, 6.45) is -0.769. The van der Waals surface area contributed by atoms with Gasteiger partial charge in [0.15, 0.2) is 0 Å². The van der Waals surface area contributed by atoms with Gasteiger partial charge in [-0.05, 0) is 25.1 Å². The van der Waals surface area contributed by atoms with Gasteiger partial charge in [-0.1, -0.05) is 11.6 Å². The summed E-state index contributed by atoms with van der Waals surface area (Å²) in [4.78, 5) is 22.6. The van der Waals surface area contributed by atoms with Crippen LogP contribution in [0, 0.1) is 5.82 Å². The van der Waals surface area contributed by atoms with Gasteiger partial charge in [0.05, 0.1) is 11.8 Å². The molecule has 0 aliphatic heterocycles. The monoisotopic (exact) mass is 274 g/mol. The van der Waals surface area contributed by atoms with Crippen LogP contribution in [0.2, 0.25) is 5.02 Å². The molecule has 0 saturated carbocycles. The molecule has 0 fully saturated rings. The minimum Gasteiger partial charge on any atom is -0.392 e. The first-order valence-electron chi connectivity index (χ1n) is 5.12. The van der Waals surface area contributed by atoms with E-state index in [4.69, 9.17) is 16.7 Å². The molecule has 3 N–H and O–H groups in total. The van der Waals surface area contributed by atoms with E-state index in [0.717, 1.165) is 6.07 Å². The van der Waals surface area contributed by atoms with E-state index >= 15 is 0 Å². The Morgan fingerprint density at radius 1 is 1.44 bits per heavy atom. The van der Waals surface area contributed by atoms with Crippen molar-refractivity contribution in [3.63, 3.8) is 0 Å². The lowest BCUT2D eigenvalue weighted by Gasteiger charge is -2.08. The second kappa shape index (κ2) is 6.32. The van der Waals surface area contributed by atoms with Crippen LogP contribution in [0.15, 0.2) is 18.2 Å². The van der Waals surface area contributed by atoms with Crippen LogP contribution in [0.5, 0.6) is 0 Å². The fourth-order valence-corrected chi connectivity index (χ4v) is 1.25. The Hall–Kier alpha value is -1.66. The Balaban J connectivity index is 2.61. The van der Waals surface area contributed by atoms with Crippen LogP contribution >= 0.6 is 11.6 Å². The number of carbonyl (C=O) groups is 2. The summed E-state index contributed by atoms with van der Waals surface area (Å²) in [5, 5.41) is 13.4. The Kier molecular flexibility index (Phi) is 5.06. The lowest BCUT2D eigenvalue weighted by atomic mass is 10.3. The van der Waals surface area contributed by atoms with Gasteiger partial charge >= 0.3 is 11.8 Å². The highest BCUT2D eigenvalue weighted by molar-refractivity contribution is 6.39. The first-order chi connectivity index (χ1) is 8.40. The van der Waals surface area contributed by atoms with Crippen LogP contribution in [-0.4, -0.2) is 29.6 Å². The van der Waals surface area contributed by atoms with E-state index in [1.807, 2.05) is 0 Å².